The van der Waals surface area contributed by atoms with Gasteiger partial charge in [0.25, 0.3) is 10.0 Å². The quantitative estimate of drug-likeness (QED) is 0.494. The summed E-state index contributed by atoms with van der Waals surface area (Å²) in [6.45, 7) is 1.89. The molecule has 7 heteroatoms. The summed E-state index contributed by atoms with van der Waals surface area (Å²) in [6, 6.07) is 17.7. The highest BCUT2D eigenvalue weighted by molar-refractivity contribution is 9.10. The van der Waals surface area contributed by atoms with E-state index in [4.69, 9.17) is 4.42 Å². The van der Waals surface area contributed by atoms with Gasteiger partial charge in [0.15, 0.2) is 0 Å². The molecule has 25 heavy (non-hydrogen) atoms. The summed E-state index contributed by atoms with van der Waals surface area (Å²) in [5, 5.41) is 3.77. The first-order chi connectivity index (χ1) is 11.9. The molecule has 0 aliphatic heterocycles. The molecular formula is C18H15BrN2O3S. The number of benzene rings is 2. The van der Waals surface area contributed by atoms with Gasteiger partial charge >= 0.3 is 0 Å². The average molecular weight is 419 g/mol. The molecule has 1 N–H and O–H groups in total. The zero-order chi connectivity index (χ0) is 17.9. The molecule has 128 valence electrons. The molecule has 3 rings (SSSR count). The van der Waals surface area contributed by atoms with Crippen LogP contribution in [0.3, 0.4) is 0 Å². The maximum absolute atomic E-state index is 12.1. The molecule has 2 aromatic carbocycles. The van der Waals surface area contributed by atoms with Crippen LogP contribution < -0.4 is 4.83 Å². The molecule has 1 heterocycles. The Balaban J connectivity index is 1.70. The lowest BCUT2D eigenvalue weighted by Gasteiger charge is -2.03. The third-order valence-electron chi connectivity index (χ3n) is 3.45. The largest absolute Gasteiger partial charge is 0.455 e. The Hall–Kier alpha value is -2.38. The van der Waals surface area contributed by atoms with Crippen molar-refractivity contribution in [2.75, 3.05) is 0 Å². The number of hydrazone groups is 1. The summed E-state index contributed by atoms with van der Waals surface area (Å²) in [4.78, 5) is 2.33. The molecule has 0 atom stereocenters. The van der Waals surface area contributed by atoms with Gasteiger partial charge < -0.3 is 4.42 Å². The van der Waals surface area contributed by atoms with Crippen LogP contribution >= 0.6 is 15.9 Å². The fourth-order valence-electron chi connectivity index (χ4n) is 2.12. The van der Waals surface area contributed by atoms with Crippen molar-refractivity contribution in [1.82, 2.24) is 4.83 Å². The monoisotopic (exact) mass is 418 g/mol. The van der Waals surface area contributed by atoms with E-state index < -0.39 is 10.0 Å². The van der Waals surface area contributed by atoms with E-state index in [1.807, 2.05) is 31.2 Å². The van der Waals surface area contributed by atoms with Crippen LogP contribution in [0.2, 0.25) is 0 Å². The van der Waals surface area contributed by atoms with E-state index in [2.05, 4.69) is 25.9 Å². The number of rotatable bonds is 5. The second-order valence-corrected chi connectivity index (χ2v) is 7.95. The Kier molecular flexibility index (Phi) is 5.06. The zero-order valence-corrected chi connectivity index (χ0v) is 15.7. The van der Waals surface area contributed by atoms with Gasteiger partial charge in [-0.3, -0.25) is 0 Å². The number of nitrogens with zero attached hydrogens (tertiary/aromatic N) is 1. The van der Waals surface area contributed by atoms with Crippen LogP contribution in [-0.4, -0.2) is 14.6 Å². The summed E-state index contributed by atoms with van der Waals surface area (Å²) in [5.74, 6) is 1.12. The highest BCUT2D eigenvalue weighted by Crippen LogP contribution is 2.23. The topological polar surface area (TPSA) is 71.7 Å². The molecule has 0 aliphatic carbocycles. The van der Waals surface area contributed by atoms with E-state index in [-0.39, 0.29) is 4.90 Å². The lowest BCUT2D eigenvalue weighted by molar-refractivity contribution is 0.573. The van der Waals surface area contributed by atoms with Crippen molar-refractivity contribution < 1.29 is 12.8 Å². The Bertz CT molecular complexity index is 992. The molecule has 0 spiro atoms. The second-order valence-electron chi connectivity index (χ2n) is 5.37. The van der Waals surface area contributed by atoms with Gasteiger partial charge in [0.05, 0.1) is 11.1 Å². The molecule has 1 aromatic heterocycles. The van der Waals surface area contributed by atoms with Crippen molar-refractivity contribution in [3.63, 3.8) is 0 Å². The van der Waals surface area contributed by atoms with Gasteiger partial charge in [-0.05, 0) is 43.3 Å². The van der Waals surface area contributed by atoms with Crippen molar-refractivity contribution in [2.45, 2.75) is 11.8 Å². The molecule has 0 radical (unpaired) electrons. The van der Waals surface area contributed by atoms with Crippen LogP contribution in [0.15, 0.2) is 79.6 Å². The molecule has 0 fully saturated rings. The van der Waals surface area contributed by atoms with Crippen LogP contribution in [0, 0.1) is 6.92 Å². The van der Waals surface area contributed by atoms with Gasteiger partial charge in [-0.2, -0.15) is 18.4 Å². The standard InChI is InChI=1S/C18H15BrN2O3S/c1-13-2-9-17(10-3-13)25(22,23)21-20-12-16-8-11-18(24-16)14-4-6-15(19)7-5-14/h2-12,21H,1H3/b20-12+. The van der Waals surface area contributed by atoms with Crippen molar-refractivity contribution in [2.24, 2.45) is 5.10 Å². The lowest BCUT2D eigenvalue weighted by Crippen LogP contribution is -2.18. The number of sulfonamides is 1. The first-order valence-corrected chi connectivity index (χ1v) is 9.69. The molecule has 0 unspecified atom stereocenters. The third-order valence-corrected chi connectivity index (χ3v) is 5.22. The number of aryl methyl sites for hydroxylation is 1. The van der Waals surface area contributed by atoms with E-state index in [0.29, 0.717) is 11.5 Å². The highest BCUT2D eigenvalue weighted by Gasteiger charge is 2.12. The number of halogens is 1. The van der Waals surface area contributed by atoms with Crippen LogP contribution in [0.5, 0.6) is 0 Å². The van der Waals surface area contributed by atoms with Crippen LogP contribution in [0.4, 0.5) is 0 Å². The van der Waals surface area contributed by atoms with Crippen LogP contribution in [0.25, 0.3) is 11.3 Å². The highest BCUT2D eigenvalue weighted by atomic mass is 79.9. The van der Waals surface area contributed by atoms with E-state index >= 15 is 0 Å². The Morgan fingerprint density at radius 3 is 2.36 bits per heavy atom. The van der Waals surface area contributed by atoms with Gasteiger partial charge in [-0.25, -0.2) is 0 Å². The van der Waals surface area contributed by atoms with Crippen molar-refractivity contribution in [1.29, 1.82) is 0 Å². The Morgan fingerprint density at radius 2 is 1.68 bits per heavy atom. The predicted molar refractivity (Wildman–Crippen MR) is 101 cm³/mol. The molecule has 3 aromatic rings. The summed E-state index contributed by atoms with van der Waals surface area (Å²) in [5.41, 5.74) is 1.90. The normalized spacial score (nSPS) is 11.8. The number of nitrogens with one attached hydrogen (secondary N) is 1. The molecule has 5 nitrogen and oxygen atoms in total. The van der Waals surface area contributed by atoms with E-state index in [1.54, 1.807) is 24.3 Å². The Labute approximate surface area is 154 Å². The molecule has 0 aliphatic rings. The first-order valence-electron chi connectivity index (χ1n) is 7.41. The molecular weight excluding hydrogens is 404 g/mol. The van der Waals surface area contributed by atoms with Gasteiger partial charge in [-0.1, -0.05) is 45.8 Å². The van der Waals surface area contributed by atoms with E-state index in [1.165, 1.54) is 18.3 Å². The minimum Gasteiger partial charge on any atom is -0.455 e. The smallest absolute Gasteiger partial charge is 0.276 e. The average Bonchev–Trinajstić information content (AvgIpc) is 3.04. The fourth-order valence-corrected chi connectivity index (χ4v) is 3.18. The first kappa shape index (κ1) is 17.4. The van der Waals surface area contributed by atoms with Crippen molar-refractivity contribution >= 4 is 32.2 Å². The lowest BCUT2D eigenvalue weighted by atomic mass is 10.2. The molecule has 0 saturated heterocycles. The van der Waals surface area contributed by atoms with Gasteiger partial charge in [0.2, 0.25) is 0 Å². The predicted octanol–water partition coefficient (Wildman–Crippen LogP) is 4.33. The number of hydrogen-bond donors (Lipinski definition) is 1. The Morgan fingerprint density at radius 1 is 1.00 bits per heavy atom. The molecule has 0 amide bonds. The second kappa shape index (κ2) is 7.25. The summed E-state index contributed by atoms with van der Waals surface area (Å²) in [6.07, 6.45) is 1.33. The number of hydrogen-bond acceptors (Lipinski definition) is 4. The fraction of sp³-hybridized carbons (Fsp3) is 0.0556. The third kappa shape index (κ3) is 4.37. The van der Waals surface area contributed by atoms with Crippen molar-refractivity contribution in [3.05, 3.63) is 76.5 Å². The van der Waals surface area contributed by atoms with E-state index in [9.17, 15) is 8.42 Å². The molecule has 0 saturated carbocycles. The maximum Gasteiger partial charge on any atom is 0.276 e. The number of furan rings is 1. The maximum atomic E-state index is 12.1. The van der Waals surface area contributed by atoms with E-state index in [0.717, 1.165) is 15.6 Å². The minimum atomic E-state index is -3.69. The van der Waals surface area contributed by atoms with Gasteiger partial charge in [0.1, 0.15) is 11.5 Å². The summed E-state index contributed by atoms with van der Waals surface area (Å²) in [7, 11) is -3.69. The van der Waals surface area contributed by atoms with Crippen molar-refractivity contribution in [3.8, 4) is 11.3 Å². The zero-order valence-electron chi connectivity index (χ0n) is 13.3. The minimum absolute atomic E-state index is 0.158. The summed E-state index contributed by atoms with van der Waals surface area (Å²) < 4.78 is 30.9. The summed E-state index contributed by atoms with van der Waals surface area (Å²) >= 11 is 3.38. The molecule has 0 bridgehead atoms. The van der Waals surface area contributed by atoms with Crippen LogP contribution in [0.1, 0.15) is 11.3 Å². The SMILES string of the molecule is Cc1ccc(S(=O)(=O)N/N=C/c2ccc(-c3ccc(Br)cc3)o2)cc1. The van der Waals surface area contributed by atoms with Gasteiger partial charge in [0, 0.05) is 10.0 Å². The van der Waals surface area contributed by atoms with Gasteiger partial charge in [-0.15, -0.1) is 0 Å². The van der Waals surface area contributed by atoms with Crippen LogP contribution in [-0.2, 0) is 10.0 Å².